The van der Waals surface area contributed by atoms with E-state index in [0.29, 0.717) is 29.4 Å². The number of fused-ring (bicyclic) bond motifs is 1. The van der Waals surface area contributed by atoms with E-state index < -0.39 is 6.04 Å². The molecule has 8 nitrogen and oxygen atoms in total. The minimum atomic E-state index is -0.627. The molecule has 0 radical (unpaired) electrons. The van der Waals surface area contributed by atoms with Crippen molar-refractivity contribution in [2.75, 3.05) is 5.32 Å². The number of carbonyl (C=O) groups is 1. The number of rotatable bonds is 6. The number of carbonyl (C=O) groups excluding carboxylic acids is 1. The van der Waals surface area contributed by atoms with Crippen molar-refractivity contribution >= 4 is 23.6 Å². The lowest BCUT2D eigenvalue weighted by Crippen LogP contribution is -2.24. The zero-order valence-electron chi connectivity index (χ0n) is 14.3. The Balaban J connectivity index is 1.81. The van der Waals surface area contributed by atoms with Gasteiger partial charge in [0.1, 0.15) is 23.2 Å². The lowest BCUT2D eigenvalue weighted by molar-refractivity contribution is -0.110. The van der Waals surface area contributed by atoms with E-state index in [1.807, 2.05) is 19.1 Å². The molecule has 1 amide bonds. The Morgan fingerprint density at radius 3 is 2.78 bits per heavy atom. The molecule has 27 heavy (non-hydrogen) atoms. The van der Waals surface area contributed by atoms with Crippen molar-refractivity contribution in [1.29, 1.82) is 0 Å². The summed E-state index contributed by atoms with van der Waals surface area (Å²) in [6, 6.07) is 8.93. The van der Waals surface area contributed by atoms with Crippen LogP contribution in [0.5, 0.6) is 0 Å². The lowest BCUT2D eigenvalue weighted by Gasteiger charge is -2.17. The maximum absolute atomic E-state index is 13.3. The van der Waals surface area contributed by atoms with Crippen LogP contribution in [-0.2, 0) is 4.79 Å². The van der Waals surface area contributed by atoms with E-state index in [2.05, 4.69) is 30.9 Å². The predicted octanol–water partition coefficient (Wildman–Crippen LogP) is 2.48. The third kappa shape index (κ3) is 3.22. The van der Waals surface area contributed by atoms with E-state index in [1.54, 1.807) is 29.0 Å². The molecule has 1 unspecified atom stereocenters. The van der Waals surface area contributed by atoms with Crippen LogP contribution < -0.4 is 10.6 Å². The Morgan fingerprint density at radius 2 is 2.07 bits per heavy atom. The van der Waals surface area contributed by atoms with Crippen molar-refractivity contribution in [1.82, 2.24) is 30.1 Å². The highest BCUT2D eigenvalue weighted by Crippen LogP contribution is 2.25. The minimum absolute atomic E-state index is 0.358. The summed E-state index contributed by atoms with van der Waals surface area (Å²) in [5, 5.41) is 17.3. The third-order valence-corrected chi connectivity index (χ3v) is 4.18. The highest BCUT2D eigenvalue weighted by Gasteiger charge is 2.20. The van der Waals surface area contributed by atoms with Gasteiger partial charge in [-0.3, -0.25) is 9.89 Å². The second-order valence-corrected chi connectivity index (χ2v) is 5.98. The number of aryl methyl sites for hydroxylation is 1. The molecular weight excluding hydrogens is 349 g/mol. The molecule has 0 aliphatic carbocycles. The van der Waals surface area contributed by atoms with Crippen LogP contribution in [0.4, 0.5) is 16.0 Å². The molecule has 3 N–H and O–H groups in total. The Morgan fingerprint density at radius 1 is 1.26 bits per heavy atom. The van der Waals surface area contributed by atoms with Crippen LogP contribution in [-0.4, -0.2) is 31.2 Å². The molecule has 0 saturated heterocycles. The molecule has 1 aromatic carbocycles. The molecule has 4 aromatic rings. The van der Waals surface area contributed by atoms with Crippen molar-refractivity contribution in [3.63, 3.8) is 0 Å². The first-order valence-corrected chi connectivity index (χ1v) is 8.23. The van der Waals surface area contributed by atoms with Gasteiger partial charge in [-0.15, -0.1) is 5.10 Å². The molecule has 0 spiro atoms. The summed E-state index contributed by atoms with van der Waals surface area (Å²) in [6.07, 6.45) is 4.06. The number of nitrogens with one attached hydrogen (secondary N) is 3. The van der Waals surface area contributed by atoms with Gasteiger partial charge in [0.05, 0.1) is 6.20 Å². The van der Waals surface area contributed by atoms with Crippen LogP contribution >= 0.6 is 0 Å². The van der Waals surface area contributed by atoms with Gasteiger partial charge in [-0.25, -0.2) is 13.9 Å². The van der Waals surface area contributed by atoms with E-state index in [-0.39, 0.29) is 5.82 Å². The fourth-order valence-corrected chi connectivity index (χ4v) is 2.80. The monoisotopic (exact) mass is 365 g/mol. The van der Waals surface area contributed by atoms with Crippen molar-refractivity contribution in [3.05, 3.63) is 71.6 Å². The molecule has 3 aromatic heterocycles. The number of nitrogens with zero attached hydrogens (tertiary/aromatic N) is 4. The predicted molar refractivity (Wildman–Crippen MR) is 97.0 cm³/mol. The molecule has 0 fully saturated rings. The standard InChI is InChI=1S/C18H16FN7O/c1-11-9-21-24-16(11)22-17-14-3-2-8-26(14)25-18(23-17)15(20-10-27)12-4-6-13(19)7-5-12/h2-10,15H,1H3,(H,20,27)(H2,21,22,23,24,25). The Kier molecular flexibility index (Phi) is 4.25. The van der Waals surface area contributed by atoms with Crippen LogP contribution in [0.15, 0.2) is 48.8 Å². The summed E-state index contributed by atoms with van der Waals surface area (Å²) < 4.78 is 14.9. The molecule has 0 aliphatic heterocycles. The number of aromatic nitrogens is 5. The van der Waals surface area contributed by atoms with Gasteiger partial charge in [0, 0.05) is 11.8 Å². The van der Waals surface area contributed by atoms with Crippen molar-refractivity contribution in [3.8, 4) is 0 Å². The SMILES string of the molecule is Cc1cn[nH]c1Nc1nc(C(NC=O)c2ccc(F)cc2)nn2cccc12. The van der Waals surface area contributed by atoms with Gasteiger partial charge in [-0.05, 0) is 36.8 Å². The number of hydrogen-bond acceptors (Lipinski definition) is 5. The van der Waals surface area contributed by atoms with Crippen molar-refractivity contribution in [2.24, 2.45) is 0 Å². The maximum Gasteiger partial charge on any atom is 0.207 e. The number of H-pyrrole nitrogens is 1. The molecule has 4 rings (SSSR count). The van der Waals surface area contributed by atoms with Crippen LogP contribution in [0.25, 0.3) is 5.52 Å². The van der Waals surface area contributed by atoms with Crippen LogP contribution in [0.1, 0.15) is 23.0 Å². The average molecular weight is 365 g/mol. The van der Waals surface area contributed by atoms with Crippen LogP contribution in [0.3, 0.4) is 0 Å². The Bertz CT molecular complexity index is 1090. The quantitative estimate of drug-likeness (QED) is 0.456. The molecule has 3 heterocycles. The normalized spacial score (nSPS) is 12.1. The third-order valence-electron chi connectivity index (χ3n) is 4.18. The molecule has 0 aliphatic rings. The fraction of sp³-hybridized carbons (Fsp3) is 0.111. The summed E-state index contributed by atoms with van der Waals surface area (Å²) in [6.45, 7) is 1.92. The smallest absolute Gasteiger partial charge is 0.207 e. The van der Waals surface area contributed by atoms with Gasteiger partial charge in [-0.2, -0.15) is 5.10 Å². The van der Waals surface area contributed by atoms with E-state index in [9.17, 15) is 9.18 Å². The second-order valence-electron chi connectivity index (χ2n) is 5.98. The topological polar surface area (TPSA) is 100 Å². The summed E-state index contributed by atoms with van der Waals surface area (Å²) in [4.78, 5) is 15.8. The largest absolute Gasteiger partial charge is 0.345 e. The number of hydrogen-bond donors (Lipinski definition) is 3. The first-order chi connectivity index (χ1) is 13.2. The van der Waals surface area contributed by atoms with E-state index >= 15 is 0 Å². The van der Waals surface area contributed by atoms with Gasteiger partial charge in [0.15, 0.2) is 11.6 Å². The molecule has 1 atom stereocenters. The number of anilines is 2. The number of halogens is 1. The van der Waals surface area contributed by atoms with E-state index in [1.165, 1.54) is 12.1 Å². The summed E-state index contributed by atoms with van der Waals surface area (Å²) in [5.74, 6) is 1.26. The van der Waals surface area contributed by atoms with Crippen LogP contribution in [0.2, 0.25) is 0 Å². The first-order valence-electron chi connectivity index (χ1n) is 8.23. The van der Waals surface area contributed by atoms with Crippen molar-refractivity contribution in [2.45, 2.75) is 13.0 Å². The summed E-state index contributed by atoms with van der Waals surface area (Å²) >= 11 is 0. The molecular formula is C18H16FN7O. The fourth-order valence-electron chi connectivity index (χ4n) is 2.80. The number of aromatic amines is 1. The van der Waals surface area contributed by atoms with Gasteiger partial charge < -0.3 is 10.6 Å². The zero-order chi connectivity index (χ0) is 18.8. The lowest BCUT2D eigenvalue weighted by atomic mass is 10.1. The van der Waals surface area contributed by atoms with E-state index in [4.69, 9.17) is 0 Å². The van der Waals surface area contributed by atoms with Gasteiger partial charge in [-0.1, -0.05) is 12.1 Å². The van der Waals surface area contributed by atoms with E-state index in [0.717, 1.165) is 11.1 Å². The molecule has 0 saturated carbocycles. The molecule has 0 bridgehead atoms. The molecule has 136 valence electrons. The van der Waals surface area contributed by atoms with Gasteiger partial charge >= 0.3 is 0 Å². The minimum Gasteiger partial charge on any atom is -0.345 e. The Hall–Kier alpha value is -3.75. The molecule has 9 heteroatoms. The number of amides is 1. The summed E-state index contributed by atoms with van der Waals surface area (Å²) in [7, 11) is 0. The first kappa shape index (κ1) is 16.7. The highest BCUT2D eigenvalue weighted by atomic mass is 19.1. The number of benzene rings is 1. The zero-order valence-corrected chi connectivity index (χ0v) is 14.3. The summed E-state index contributed by atoms with van der Waals surface area (Å²) in [5.41, 5.74) is 2.36. The van der Waals surface area contributed by atoms with Gasteiger partial charge in [0.25, 0.3) is 0 Å². The average Bonchev–Trinajstić information content (AvgIpc) is 3.30. The van der Waals surface area contributed by atoms with Crippen LogP contribution in [0, 0.1) is 12.7 Å². The highest BCUT2D eigenvalue weighted by molar-refractivity contribution is 5.72. The van der Waals surface area contributed by atoms with Crippen molar-refractivity contribution < 1.29 is 9.18 Å². The second kappa shape index (κ2) is 6.87. The van der Waals surface area contributed by atoms with Gasteiger partial charge in [0.2, 0.25) is 6.41 Å². The maximum atomic E-state index is 13.3. The Labute approximate surface area is 153 Å².